The van der Waals surface area contributed by atoms with Crippen LogP contribution in [0.4, 0.5) is 5.82 Å². The van der Waals surface area contributed by atoms with Gasteiger partial charge < -0.3 is 15.1 Å². The third-order valence-corrected chi connectivity index (χ3v) is 7.04. The van der Waals surface area contributed by atoms with Gasteiger partial charge in [0.15, 0.2) is 0 Å². The summed E-state index contributed by atoms with van der Waals surface area (Å²) in [6.45, 7) is 12.5. The normalized spacial score (nSPS) is 19.5. The van der Waals surface area contributed by atoms with Crippen molar-refractivity contribution in [3.05, 3.63) is 52.5 Å². The maximum Gasteiger partial charge on any atom is 0.219 e. The van der Waals surface area contributed by atoms with Crippen LogP contribution in [0.3, 0.4) is 0 Å². The van der Waals surface area contributed by atoms with Gasteiger partial charge in [0, 0.05) is 49.9 Å². The number of rotatable bonds is 5. The van der Waals surface area contributed by atoms with Crippen LogP contribution in [0, 0.1) is 6.92 Å². The summed E-state index contributed by atoms with van der Waals surface area (Å²) in [6, 6.07) is 8.78. The molecular weight excluding hydrogens is 398 g/mol. The lowest BCUT2D eigenvalue weighted by molar-refractivity contribution is -0.129. The quantitative estimate of drug-likeness (QED) is 0.772. The van der Waals surface area contributed by atoms with Crippen molar-refractivity contribution in [1.29, 1.82) is 0 Å². The molecule has 2 aliphatic rings. The molecule has 1 amide bonds. The minimum atomic E-state index is -0.0499. The van der Waals surface area contributed by atoms with Crippen molar-refractivity contribution in [3.63, 3.8) is 0 Å². The van der Waals surface area contributed by atoms with Gasteiger partial charge in [-0.1, -0.05) is 43.7 Å². The van der Waals surface area contributed by atoms with Crippen molar-refractivity contribution in [2.45, 2.75) is 64.8 Å². The van der Waals surface area contributed by atoms with E-state index in [0.717, 1.165) is 61.9 Å². The second-order valence-electron chi connectivity index (χ2n) is 10.3. The Morgan fingerprint density at radius 2 is 1.94 bits per heavy atom. The molecule has 172 valence electrons. The van der Waals surface area contributed by atoms with E-state index in [1.165, 1.54) is 17.5 Å². The molecule has 1 fully saturated rings. The summed E-state index contributed by atoms with van der Waals surface area (Å²) in [6.07, 6.45) is 3.11. The van der Waals surface area contributed by atoms with Crippen LogP contribution in [-0.2, 0) is 23.2 Å². The van der Waals surface area contributed by atoms with Crippen LogP contribution >= 0.6 is 0 Å². The summed E-state index contributed by atoms with van der Waals surface area (Å²) in [4.78, 5) is 26.4. The molecule has 2 aromatic rings. The van der Waals surface area contributed by atoms with Gasteiger partial charge in [0.25, 0.3) is 0 Å². The topological polar surface area (TPSA) is 61.4 Å². The largest absolute Gasteiger partial charge is 0.369 e. The zero-order chi connectivity index (χ0) is 22.9. The molecule has 0 radical (unpaired) electrons. The fourth-order valence-corrected chi connectivity index (χ4v) is 4.82. The standard InChI is InChI=1S/C26H37N5O/c1-18-8-10-21(11-9-18)26(3,4)17-27-25-22-16-31(19(2)32)14-12-23(22)28-24(29-25)20-7-6-13-30(5)15-20/h8-11,20H,6-7,12-17H2,1-5H3,(H,27,28,29)/t20-/m1/s1. The summed E-state index contributed by atoms with van der Waals surface area (Å²) in [5.41, 5.74) is 4.72. The molecule has 3 heterocycles. The van der Waals surface area contributed by atoms with E-state index < -0.39 is 0 Å². The number of hydrogen-bond donors (Lipinski definition) is 1. The molecule has 6 nitrogen and oxygen atoms in total. The molecule has 0 saturated carbocycles. The van der Waals surface area contributed by atoms with Crippen LogP contribution in [0.15, 0.2) is 24.3 Å². The number of benzene rings is 1. The first-order chi connectivity index (χ1) is 15.2. The lowest BCUT2D eigenvalue weighted by Gasteiger charge is -2.33. The molecule has 1 aromatic carbocycles. The number of hydrogen-bond acceptors (Lipinski definition) is 5. The van der Waals surface area contributed by atoms with Crippen LogP contribution in [0.1, 0.15) is 67.7 Å². The first-order valence-electron chi connectivity index (χ1n) is 11.9. The predicted octanol–water partition coefficient (Wildman–Crippen LogP) is 3.89. The van der Waals surface area contributed by atoms with Gasteiger partial charge in [-0.15, -0.1) is 0 Å². The zero-order valence-electron chi connectivity index (χ0n) is 20.2. The summed E-state index contributed by atoms with van der Waals surface area (Å²) in [5.74, 6) is 2.35. The van der Waals surface area contributed by atoms with Crippen LogP contribution in [-0.4, -0.2) is 58.9 Å². The smallest absolute Gasteiger partial charge is 0.219 e. The number of fused-ring (bicyclic) bond motifs is 1. The Hall–Kier alpha value is -2.47. The minimum Gasteiger partial charge on any atom is -0.369 e. The number of amides is 1. The molecule has 6 heteroatoms. The highest BCUT2D eigenvalue weighted by molar-refractivity contribution is 5.74. The van der Waals surface area contributed by atoms with Gasteiger partial charge in [-0.05, 0) is 38.9 Å². The molecular formula is C26H37N5O. The molecule has 0 bridgehead atoms. The Morgan fingerprint density at radius 3 is 2.62 bits per heavy atom. The van der Waals surface area contributed by atoms with Crippen molar-refractivity contribution in [1.82, 2.24) is 19.8 Å². The van der Waals surface area contributed by atoms with Crippen molar-refractivity contribution in [2.24, 2.45) is 0 Å². The molecule has 32 heavy (non-hydrogen) atoms. The average Bonchev–Trinajstić information content (AvgIpc) is 2.77. The summed E-state index contributed by atoms with van der Waals surface area (Å²) in [5, 5.41) is 3.67. The van der Waals surface area contributed by atoms with Gasteiger partial charge >= 0.3 is 0 Å². The number of likely N-dealkylation sites (tertiary alicyclic amines) is 1. The van der Waals surface area contributed by atoms with E-state index in [0.29, 0.717) is 12.5 Å². The van der Waals surface area contributed by atoms with Crippen molar-refractivity contribution < 1.29 is 4.79 Å². The van der Waals surface area contributed by atoms with E-state index in [4.69, 9.17) is 9.97 Å². The molecule has 1 saturated heterocycles. The minimum absolute atomic E-state index is 0.0499. The highest BCUT2D eigenvalue weighted by Gasteiger charge is 2.29. The van der Waals surface area contributed by atoms with Gasteiger partial charge in [-0.25, -0.2) is 9.97 Å². The second kappa shape index (κ2) is 9.18. The first kappa shape index (κ1) is 22.7. The number of nitrogens with zero attached hydrogens (tertiary/aromatic N) is 4. The van der Waals surface area contributed by atoms with Crippen LogP contribution in [0.25, 0.3) is 0 Å². The fourth-order valence-electron chi connectivity index (χ4n) is 4.82. The molecule has 0 aliphatic carbocycles. The summed E-state index contributed by atoms with van der Waals surface area (Å²) in [7, 11) is 2.18. The van der Waals surface area contributed by atoms with E-state index in [9.17, 15) is 4.79 Å². The Balaban J connectivity index is 1.63. The zero-order valence-corrected chi connectivity index (χ0v) is 20.2. The molecule has 1 aromatic heterocycles. The van der Waals surface area contributed by atoms with Crippen molar-refractivity contribution >= 4 is 11.7 Å². The monoisotopic (exact) mass is 435 g/mol. The van der Waals surface area contributed by atoms with Gasteiger partial charge in [-0.3, -0.25) is 4.79 Å². The number of carbonyl (C=O) groups excluding carboxylic acids is 1. The predicted molar refractivity (Wildman–Crippen MR) is 129 cm³/mol. The van der Waals surface area contributed by atoms with E-state index in [1.54, 1.807) is 6.92 Å². The van der Waals surface area contributed by atoms with E-state index in [2.05, 4.69) is 62.3 Å². The van der Waals surface area contributed by atoms with Gasteiger partial charge in [0.2, 0.25) is 5.91 Å². The molecule has 1 atom stereocenters. The Kier molecular flexibility index (Phi) is 6.52. The molecule has 0 unspecified atom stereocenters. The number of piperidine rings is 1. The lowest BCUT2D eigenvalue weighted by atomic mass is 9.84. The molecule has 1 N–H and O–H groups in total. The number of likely N-dealkylation sites (N-methyl/N-ethyl adjacent to an activating group) is 1. The lowest BCUT2D eigenvalue weighted by Crippen LogP contribution is -2.37. The third-order valence-electron chi connectivity index (χ3n) is 7.04. The maximum absolute atomic E-state index is 12.1. The van der Waals surface area contributed by atoms with E-state index in [1.807, 2.05) is 4.90 Å². The number of carbonyl (C=O) groups is 1. The Bertz CT molecular complexity index is 969. The Labute approximate surface area is 192 Å². The summed E-state index contributed by atoms with van der Waals surface area (Å²) >= 11 is 0. The molecule has 2 aliphatic heterocycles. The van der Waals surface area contributed by atoms with Crippen LogP contribution < -0.4 is 5.32 Å². The number of aryl methyl sites for hydroxylation is 1. The maximum atomic E-state index is 12.1. The van der Waals surface area contributed by atoms with Crippen LogP contribution in [0.5, 0.6) is 0 Å². The SMILES string of the molecule is CC(=O)N1CCc2nc([C@@H]3CCCN(C)C3)nc(NCC(C)(C)c3ccc(C)cc3)c2C1. The van der Waals surface area contributed by atoms with Gasteiger partial charge in [0.1, 0.15) is 11.6 Å². The highest BCUT2D eigenvalue weighted by atomic mass is 16.2. The fraction of sp³-hybridized carbons (Fsp3) is 0.577. The van der Waals surface area contributed by atoms with Gasteiger partial charge in [0.05, 0.1) is 12.2 Å². The number of anilines is 1. The molecule has 4 rings (SSSR count). The first-order valence-corrected chi connectivity index (χ1v) is 11.9. The van der Waals surface area contributed by atoms with E-state index >= 15 is 0 Å². The Morgan fingerprint density at radius 1 is 1.19 bits per heavy atom. The highest BCUT2D eigenvalue weighted by Crippen LogP contribution is 2.31. The number of nitrogens with one attached hydrogen (secondary N) is 1. The molecule has 0 spiro atoms. The summed E-state index contributed by atoms with van der Waals surface area (Å²) < 4.78 is 0. The van der Waals surface area contributed by atoms with Crippen LogP contribution in [0.2, 0.25) is 0 Å². The third kappa shape index (κ3) is 4.96. The van der Waals surface area contributed by atoms with E-state index in [-0.39, 0.29) is 11.3 Å². The van der Waals surface area contributed by atoms with Crippen molar-refractivity contribution in [3.8, 4) is 0 Å². The van der Waals surface area contributed by atoms with Gasteiger partial charge in [-0.2, -0.15) is 0 Å². The van der Waals surface area contributed by atoms with Crippen molar-refractivity contribution in [2.75, 3.05) is 38.5 Å². The average molecular weight is 436 g/mol. The second-order valence-corrected chi connectivity index (χ2v) is 10.3. The number of aromatic nitrogens is 2.